The molecular weight excluding hydrogens is 99.1 g/mol. The Kier molecular flexibility index (Phi) is 3.36. The second-order valence-corrected chi connectivity index (χ2v) is 3.76. The normalized spacial score (nSPS) is 10.0. The van der Waals surface area contributed by atoms with Crippen LogP contribution in [0.3, 0.4) is 0 Å². The van der Waals surface area contributed by atoms with Crippen LogP contribution < -0.4 is 0 Å². The van der Waals surface area contributed by atoms with Gasteiger partial charge in [-0.3, -0.25) is 0 Å². The quantitative estimate of drug-likeness (QED) is 0.478. The summed E-state index contributed by atoms with van der Waals surface area (Å²) in [7, 11) is -1.05. The minimum absolute atomic E-state index is 0.607. The Morgan fingerprint density at radius 2 is 2.17 bits per heavy atom. The summed E-state index contributed by atoms with van der Waals surface area (Å²) in [6, 6.07) is 0. The minimum Gasteiger partial charge on any atom is -0.395 e. The Hall–Kier alpha value is 0.107. The number of alkyl halides is 1. The van der Waals surface area contributed by atoms with Crippen LogP contribution in [0.4, 0.5) is 4.39 Å². The van der Waals surface area contributed by atoms with Crippen LogP contribution in [0.1, 0.15) is 0 Å². The molecule has 0 aliphatic carbocycles. The van der Waals surface area contributed by atoms with Gasteiger partial charge in [0.15, 0.2) is 15.9 Å². The zero-order valence-corrected chi connectivity index (χ0v) is 5.23. The van der Waals surface area contributed by atoms with Crippen molar-refractivity contribution in [2.75, 3.05) is 6.86 Å². The molecule has 6 heavy (non-hydrogen) atoms. The summed E-state index contributed by atoms with van der Waals surface area (Å²) in [5.74, 6) is 0. The second kappa shape index (κ2) is 3.30. The van der Waals surface area contributed by atoms with Crippen molar-refractivity contribution in [1.82, 2.24) is 0 Å². The molecule has 0 radical (unpaired) electrons. The fraction of sp³-hybridized carbons (Fsp3) is 1.00. The summed E-state index contributed by atoms with van der Waals surface area (Å²) in [6.07, 6.45) is 0. The molecule has 0 fully saturated rings. The largest absolute Gasteiger partial charge is 0.395 e. The molecule has 0 saturated carbocycles. The summed E-state index contributed by atoms with van der Waals surface area (Å²) in [5.41, 5.74) is 0. The third-order valence-electron chi connectivity index (χ3n) is 0.396. The third-order valence-corrected chi connectivity index (χ3v) is 1.19. The molecule has 0 aliphatic rings. The molecule has 0 aliphatic heterocycles. The minimum atomic E-state index is -1.05. The van der Waals surface area contributed by atoms with E-state index in [4.69, 9.17) is 0 Å². The van der Waals surface area contributed by atoms with Gasteiger partial charge in [-0.05, 0) is 13.1 Å². The number of hydrogen-bond acceptors (Lipinski definition) is 1. The first-order valence-electron chi connectivity index (χ1n) is 1.95. The topological polar surface area (TPSA) is 9.23 Å². The molecule has 3 heteroatoms. The number of rotatable bonds is 2. The van der Waals surface area contributed by atoms with E-state index < -0.39 is 15.9 Å². The molecule has 1 nitrogen and oxygen atoms in total. The van der Waals surface area contributed by atoms with E-state index in [-0.39, 0.29) is 0 Å². The Morgan fingerprint density at radius 3 is 2.17 bits per heavy atom. The van der Waals surface area contributed by atoms with Crippen LogP contribution in [0.2, 0.25) is 13.1 Å². The molecule has 0 bridgehead atoms. The van der Waals surface area contributed by atoms with Gasteiger partial charge >= 0.3 is 0 Å². The highest BCUT2D eigenvalue weighted by Gasteiger charge is 1.89. The Labute approximate surface area is 38.8 Å². The lowest BCUT2D eigenvalue weighted by Crippen LogP contribution is -2.04. The SMILES string of the molecule is C[SiH](C)OCF. The van der Waals surface area contributed by atoms with E-state index in [1.54, 1.807) is 0 Å². The fourth-order valence-corrected chi connectivity index (χ4v) is 0.378. The maximum absolute atomic E-state index is 11.1. The van der Waals surface area contributed by atoms with Crippen LogP contribution >= 0.6 is 0 Å². The monoisotopic (exact) mass is 108 g/mol. The van der Waals surface area contributed by atoms with Gasteiger partial charge in [-0.2, -0.15) is 0 Å². The highest BCUT2D eigenvalue weighted by Crippen LogP contribution is 1.80. The van der Waals surface area contributed by atoms with Gasteiger partial charge in [0, 0.05) is 0 Å². The van der Waals surface area contributed by atoms with Crippen molar-refractivity contribution in [3.05, 3.63) is 0 Å². The lowest BCUT2D eigenvalue weighted by molar-refractivity contribution is 0.194. The van der Waals surface area contributed by atoms with E-state index in [2.05, 4.69) is 4.43 Å². The maximum atomic E-state index is 11.1. The predicted molar refractivity (Wildman–Crippen MR) is 25.9 cm³/mol. The fourth-order valence-electron chi connectivity index (χ4n) is 0.126. The molecule has 38 valence electrons. The third kappa shape index (κ3) is 4.11. The maximum Gasteiger partial charge on any atom is 0.178 e. The molecule has 0 heterocycles. The Balaban J connectivity index is 2.63. The zero-order valence-electron chi connectivity index (χ0n) is 4.07. The number of hydrogen-bond donors (Lipinski definition) is 0. The first-order valence-corrected chi connectivity index (χ1v) is 4.73. The highest BCUT2D eigenvalue weighted by atomic mass is 28.3. The van der Waals surface area contributed by atoms with Gasteiger partial charge in [-0.1, -0.05) is 0 Å². The summed E-state index contributed by atoms with van der Waals surface area (Å²) in [4.78, 5) is 0. The molecule has 0 atom stereocenters. The average Bonchev–Trinajstić information content (AvgIpc) is 1.35. The lowest BCUT2D eigenvalue weighted by atomic mass is 11.6. The van der Waals surface area contributed by atoms with Crippen LogP contribution in [0.15, 0.2) is 0 Å². The van der Waals surface area contributed by atoms with Crippen LogP contribution in [0.5, 0.6) is 0 Å². The van der Waals surface area contributed by atoms with Gasteiger partial charge in [0.2, 0.25) is 0 Å². The van der Waals surface area contributed by atoms with Gasteiger partial charge in [-0.15, -0.1) is 0 Å². The molecule has 0 rings (SSSR count). The van der Waals surface area contributed by atoms with E-state index in [0.29, 0.717) is 0 Å². The summed E-state index contributed by atoms with van der Waals surface area (Å²) in [5, 5.41) is 0. The van der Waals surface area contributed by atoms with Gasteiger partial charge in [0.1, 0.15) is 0 Å². The van der Waals surface area contributed by atoms with Crippen molar-refractivity contribution in [2.45, 2.75) is 13.1 Å². The van der Waals surface area contributed by atoms with Crippen molar-refractivity contribution in [2.24, 2.45) is 0 Å². The van der Waals surface area contributed by atoms with Gasteiger partial charge in [0.05, 0.1) is 0 Å². The van der Waals surface area contributed by atoms with Crippen molar-refractivity contribution in [3.8, 4) is 0 Å². The van der Waals surface area contributed by atoms with Crippen LogP contribution in [0.25, 0.3) is 0 Å². The zero-order chi connectivity index (χ0) is 4.99. The van der Waals surface area contributed by atoms with Gasteiger partial charge in [0.25, 0.3) is 0 Å². The van der Waals surface area contributed by atoms with Crippen molar-refractivity contribution >= 4 is 9.04 Å². The molecule has 0 saturated heterocycles. The standard InChI is InChI=1S/C3H9FOSi/c1-6(2)5-3-4/h6H,3H2,1-2H3. The van der Waals surface area contributed by atoms with E-state index in [9.17, 15) is 4.39 Å². The van der Waals surface area contributed by atoms with Gasteiger partial charge < -0.3 is 4.43 Å². The molecule has 0 aromatic carbocycles. The van der Waals surface area contributed by atoms with Crippen LogP contribution in [-0.2, 0) is 4.43 Å². The lowest BCUT2D eigenvalue weighted by Gasteiger charge is -1.96. The first kappa shape index (κ1) is 6.11. The van der Waals surface area contributed by atoms with Crippen molar-refractivity contribution in [3.63, 3.8) is 0 Å². The Bertz CT molecular complexity index is 32.0. The van der Waals surface area contributed by atoms with Crippen molar-refractivity contribution < 1.29 is 8.82 Å². The van der Waals surface area contributed by atoms with E-state index >= 15 is 0 Å². The first-order chi connectivity index (χ1) is 2.77. The average molecular weight is 108 g/mol. The summed E-state index contributed by atoms with van der Waals surface area (Å²) in [6.45, 7) is 3.25. The molecule has 0 spiro atoms. The van der Waals surface area contributed by atoms with Crippen LogP contribution in [-0.4, -0.2) is 15.9 Å². The smallest absolute Gasteiger partial charge is 0.178 e. The van der Waals surface area contributed by atoms with Crippen molar-refractivity contribution in [1.29, 1.82) is 0 Å². The van der Waals surface area contributed by atoms with E-state index in [1.165, 1.54) is 0 Å². The molecular formula is C3H9FOSi. The molecule has 0 aromatic heterocycles. The molecule has 0 amide bonds. The van der Waals surface area contributed by atoms with Crippen LogP contribution in [0, 0.1) is 0 Å². The second-order valence-electron chi connectivity index (χ2n) is 1.32. The predicted octanol–water partition coefficient (Wildman–Crippen LogP) is 0.913. The van der Waals surface area contributed by atoms with E-state index in [1.807, 2.05) is 13.1 Å². The summed E-state index contributed by atoms with van der Waals surface area (Å²) < 4.78 is 15.6. The van der Waals surface area contributed by atoms with Gasteiger partial charge in [-0.25, -0.2) is 4.39 Å². The van der Waals surface area contributed by atoms with E-state index in [0.717, 1.165) is 0 Å². The molecule has 0 aromatic rings. The Morgan fingerprint density at radius 1 is 1.67 bits per heavy atom. The number of halogens is 1. The molecule has 0 unspecified atom stereocenters. The molecule has 0 N–H and O–H groups in total. The highest BCUT2D eigenvalue weighted by molar-refractivity contribution is 6.48. The summed E-state index contributed by atoms with van der Waals surface area (Å²) >= 11 is 0.